The highest BCUT2D eigenvalue weighted by Gasteiger charge is 2.48. The molecule has 0 bridgehead atoms. The van der Waals surface area contributed by atoms with Gasteiger partial charge in [-0.15, -0.1) is 11.8 Å². The predicted molar refractivity (Wildman–Crippen MR) is 76.8 cm³/mol. The van der Waals surface area contributed by atoms with Crippen molar-refractivity contribution in [1.29, 1.82) is 0 Å². The van der Waals surface area contributed by atoms with Gasteiger partial charge in [-0.2, -0.15) is 13.2 Å². The van der Waals surface area contributed by atoms with Gasteiger partial charge in [0.2, 0.25) is 0 Å². The molecule has 3 aliphatic rings. The lowest BCUT2D eigenvalue weighted by molar-refractivity contribution is -0.205. The molecule has 0 aromatic heterocycles. The summed E-state index contributed by atoms with van der Waals surface area (Å²) in [6, 6.07) is 0. The van der Waals surface area contributed by atoms with Gasteiger partial charge in [0.15, 0.2) is 5.79 Å². The minimum atomic E-state index is -4.17. The molecule has 1 atom stereocenters. The van der Waals surface area contributed by atoms with E-state index < -0.39 is 22.8 Å². The Labute approximate surface area is 132 Å². The summed E-state index contributed by atoms with van der Waals surface area (Å²) in [4.78, 5) is 1.75. The van der Waals surface area contributed by atoms with Crippen LogP contribution in [0.2, 0.25) is 0 Å². The van der Waals surface area contributed by atoms with Crippen molar-refractivity contribution >= 4 is 11.8 Å². The van der Waals surface area contributed by atoms with E-state index in [0.717, 1.165) is 11.8 Å². The molecule has 1 aliphatic carbocycles. The van der Waals surface area contributed by atoms with Crippen molar-refractivity contribution in [3.63, 3.8) is 0 Å². The Morgan fingerprint density at radius 3 is 2.36 bits per heavy atom. The van der Waals surface area contributed by atoms with Crippen LogP contribution in [0.3, 0.4) is 0 Å². The van der Waals surface area contributed by atoms with Gasteiger partial charge < -0.3 is 14.6 Å². The minimum absolute atomic E-state index is 0.0331. The first kappa shape index (κ1) is 16.8. The summed E-state index contributed by atoms with van der Waals surface area (Å²) < 4.78 is 49.8. The van der Waals surface area contributed by atoms with E-state index in [2.05, 4.69) is 0 Å². The van der Waals surface area contributed by atoms with Gasteiger partial charge >= 0.3 is 6.18 Å². The Hall–Kier alpha value is -0.0200. The maximum atomic E-state index is 12.8. The maximum absolute atomic E-state index is 12.8. The highest BCUT2D eigenvalue weighted by Crippen LogP contribution is 2.41. The largest absolute Gasteiger partial charge is 0.401 e. The SMILES string of the molecule is OC1(CN2CCSC(C(F)(F)F)C2)CCC2(CC1)OCCO2. The molecule has 0 aromatic carbocycles. The summed E-state index contributed by atoms with van der Waals surface area (Å²) in [5, 5.41) is 9.37. The van der Waals surface area contributed by atoms with Gasteiger partial charge in [0.05, 0.1) is 18.8 Å². The van der Waals surface area contributed by atoms with Crippen LogP contribution in [0.1, 0.15) is 25.7 Å². The van der Waals surface area contributed by atoms with Crippen molar-refractivity contribution in [2.75, 3.05) is 38.6 Å². The van der Waals surface area contributed by atoms with Crippen molar-refractivity contribution in [3.05, 3.63) is 0 Å². The van der Waals surface area contributed by atoms with E-state index >= 15 is 0 Å². The van der Waals surface area contributed by atoms with Crippen molar-refractivity contribution in [1.82, 2.24) is 4.90 Å². The maximum Gasteiger partial charge on any atom is 0.401 e. The molecule has 1 spiro atoms. The van der Waals surface area contributed by atoms with Crippen LogP contribution in [0.25, 0.3) is 0 Å². The van der Waals surface area contributed by atoms with Gasteiger partial charge in [0.1, 0.15) is 5.25 Å². The number of thioether (sulfide) groups is 1. The lowest BCUT2D eigenvalue weighted by Gasteiger charge is -2.44. The molecule has 4 nitrogen and oxygen atoms in total. The van der Waals surface area contributed by atoms with Crippen molar-refractivity contribution < 1.29 is 27.8 Å². The Morgan fingerprint density at radius 1 is 1.14 bits per heavy atom. The lowest BCUT2D eigenvalue weighted by Crippen LogP contribution is -2.53. The third-order valence-corrected chi connectivity index (χ3v) is 6.03. The zero-order valence-electron chi connectivity index (χ0n) is 12.4. The number of nitrogens with zero attached hydrogens (tertiary/aromatic N) is 1. The van der Waals surface area contributed by atoms with Crippen LogP contribution in [-0.4, -0.2) is 71.4 Å². The molecule has 0 aromatic rings. The van der Waals surface area contributed by atoms with Gasteiger partial charge in [0, 0.05) is 38.2 Å². The second-order valence-electron chi connectivity index (χ2n) is 6.47. The van der Waals surface area contributed by atoms with Gasteiger partial charge in [-0.25, -0.2) is 0 Å². The summed E-state index contributed by atoms with van der Waals surface area (Å²) in [5.41, 5.74) is -0.932. The lowest BCUT2D eigenvalue weighted by atomic mass is 9.81. The normalized spacial score (nSPS) is 32.5. The van der Waals surface area contributed by atoms with Crippen molar-refractivity contribution in [2.24, 2.45) is 0 Å². The molecule has 2 aliphatic heterocycles. The molecular formula is C14H22F3NO3S. The fourth-order valence-electron chi connectivity index (χ4n) is 3.50. The van der Waals surface area contributed by atoms with Gasteiger partial charge in [-0.1, -0.05) is 0 Å². The van der Waals surface area contributed by atoms with Crippen LogP contribution in [0.5, 0.6) is 0 Å². The quantitative estimate of drug-likeness (QED) is 0.832. The molecule has 22 heavy (non-hydrogen) atoms. The Kier molecular flexibility index (Phi) is 4.68. The van der Waals surface area contributed by atoms with Crippen molar-refractivity contribution in [3.8, 4) is 0 Å². The first-order chi connectivity index (χ1) is 10.3. The van der Waals surface area contributed by atoms with Crippen LogP contribution < -0.4 is 0 Å². The summed E-state index contributed by atoms with van der Waals surface area (Å²) >= 11 is 0.962. The number of hydrogen-bond acceptors (Lipinski definition) is 5. The van der Waals surface area contributed by atoms with E-state index in [1.54, 1.807) is 4.90 Å². The molecule has 3 fully saturated rings. The number of aliphatic hydroxyl groups is 1. The summed E-state index contributed by atoms with van der Waals surface area (Å²) in [6.45, 7) is 2.02. The van der Waals surface area contributed by atoms with E-state index in [9.17, 15) is 18.3 Å². The fourth-order valence-corrected chi connectivity index (χ4v) is 4.65. The van der Waals surface area contributed by atoms with E-state index in [4.69, 9.17) is 9.47 Å². The highest BCUT2D eigenvalue weighted by molar-refractivity contribution is 8.00. The first-order valence-electron chi connectivity index (χ1n) is 7.71. The fraction of sp³-hybridized carbons (Fsp3) is 1.00. The topological polar surface area (TPSA) is 41.9 Å². The average molecular weight is 341 g/mol. The second-order valence-corrected chi connectivity index (χ2v) is 7.78. The van der Waals surface area contributed by atoms with Crippen LogP contribution in [0, 0.1) is 0 Å². The zero-order chi connectivity index (χ0) is 15.8. The van der Waals surface area contributed by atoms with Gasteiger partial charge in [-0.3, -0.25) is 4.90 Å². The van der Waals surface area contributed by atoms with Gasteiger partial charge in [0.25, 0.3) is 0 Å². The Bertz CT molecular complexity index is 391. The first-order valence-corrected chi connectivity index (χ1v) is 8.76. The van der Waals surface area contributed by atoms with Crippen LogP contribution in [-0.2, 0) is 9.47 Å². The van der Waals surface area contributed by atoms with E-state index in [1.807, 2.05) is 0 Å². The molecule has 8 heteroatoms. The number of hydrogen-bond donors (Lipinski definition) is 1. The molecule has 128 valence electrons. The smallest absolute Gasteiger partial charge is 0.389 e. The Balaban J connectivity index is 1.54. The highest BCUT2D eigenvalue weighted by atomic mass is 32.2. The molecule has 2 saturated heterocycles. The average Bonchev–Trinajstić information content (AvgIpc) is 2.91. The van der Waals surface area contributed by atoms with Crippen molar-refractivity contribution in [2.45, 2.75) is 48.5 Å². The summed E-state index contributed by atoms with van der Waals surface area (Å²) in [5.74, 6) is -0.102. The number of halogens is 3. The molecule has 2 heterocycles. The van der Waals surface area contributed by atoms with Gasteiger partial charge in [-0.05, 0) is 12.8 Å². The third kappa shape index (κ3) is 3.72. The molecule has 1 unspecified atom stereocenters. The molecule has 0 amide bonds. The van der Waals surface area contributed by atoms with Crippen LogP contribution in [0.15, 0.2) is 0 Å². The number of alkyl halides is 3. The number of ether oxygens (including phenoxy) is 2. The summed E-state index contributed by atoms with van der Waals surface area (Å²) in [6.07, 6.45) is -1.95. The van der Waals surface area contributed by atoms with E-state index in [-0.39, 0.29) is 6.54 Å². The van der Waals surface area contributed by atoms with E-state index in [0.29, 0.717) is 57.7 Å². The third-order valence-electron chi connectivity index (χ3n) is 4.79. The van der Waals surface area contributed by atoms with E-state index in [1.165, 1.54) is 0 Å². The van der Waals surface area contributed by atoms with Crippen LogP contribution >= 0.6 is 11.8 Å². The molecule has 3 rings (SSSR count). The zero-order valence-corrected chi connectivity index (χ0v) is 13.2. The van der Waals surface area contributed by atoms with Crippen LogP contribution in [0.4, 0.5) is 13.2 Å². The second kappa shape index (κ2) is 6.12. The molecule has 1 saturated carbocycles. The predicted octanol–water partition coefficient (Wildman–Crippen LogP) is 2.01. The molecule has 0 radical (unpaired) electrons. The number of β-amino-alcohol motifs (C(OH)–C–C–N with tert-alkyl or cyclic N) is 1. The monoisotopic (exact) mass is 341 g/mol. The summed E-state index contributed by atoms with van der Waals surface area (Å²) in [7, 11) is 0. The molecule has 1 N–H and O–H groups in total. The Morgan fingerprint density at radius 2 is 1.77 bits per heavy atom. The molecular weight excluding hydrogens is 319 g/mol. The number of rotatable bonds is 2. The minimum Gasteiger partial charge on any atom is -0.389 e. The standard InChI is InChI=1S/C14H22F3NO3S/c15-14(16,17)11-9-18(5-8-22-11)10-12(19)1-3-13(4-2-12)20-6-7-21-13/h11,19H,1-10H2.